The molecule has 0 N–H and O–H groups in total. The van der Waals surface area contributed by atoms with Crippen LogP contribution in [-0.2, 0) is 9.22 Å². The fourth-order valence-electron chi connectivity index (χ4n) is 0.610. The minimum absolute atomic E-state index is 0.128. The summed E-state index contributed by atoms with van der Waals surface area (Å²) in [6.45, 7) is 9.37. The monoisotopic (exact) mass is 172 g/mol. The zero-order chi connectivity index (χ0) is 9.07. The van der Waals surface area contributed by atoms with Crippen LogP contribution < -0.4 is 0 Å². The third-order valence-corrected chi connectivity index (χ3v) is 3.89. The van der Waals surface area contributed by atoms with Crippen LogP contribution in [0.1, 0.15) is 6.92 Å². The van der Waals surface area contributed by atoms with Crippen molar-refractivity contribution in [1.82, 2.24) is 0 Å². The van der Waals surface area contributed by atoms with E-state index in [1.54, 1.807) is 14.0 Å². The van der Waals surface area contributed by atoms with E-state index in [-0.39, 0.29) is 5.78 Å². The van der Waals surface area contributed by atoms with Gasteiger partial charge in [0.2, 0.25) is 0 Å². The third kappa shape index (κ3) is 4.11. The van der Waals surface area contributed by atoms with Crippen LogP contribution in [0.25, 0.3) is 0 Å². The fourth-order valence-corrected chi connectivity index (χ4v) is 1.83. The van der Waals surface area contributed by atoms with Gasteiger partial charge in [-0.2, -0.15) is 0 Å². The lowest BCUT2D eigenvalue weighted by Crippen LogP contribution is -2.31. The molecule has 0 unspecified atom stereocenters. The van der Waals surface area contributed by atoms with E-state index in [1.165, 1.54) is 0 Å². The Labute approximate surface area is 69.4 Å². The van der Waals surface area contributed by atoms with E-state index in [1.807, 2.05) is 13.1 Å². The van der Waals surface area contributed by atoms with E-state index in [0.717, 1.165) is 0 Å². The molecule has 0 saturated heterocycles. The van der Waals surface area contributed by atoms with E-state index in [9.17, 15) is 4.79 Å². The average Bonchev–Trinajstić information content (AvgIpc) is 1.87. The first-order valence-electron chi connectivity index (χ1n) is 3.63. The Hall–Kier alpha value is -0.413. The summed E-state index contributed by atoms with van der Waals surface area (Å²) >= 11 is 0. The maximum absolute atomic E-state index is 11.2. The van der Waals surface area contributed by atoms with Crippen LogP contribution >= 0.6 is 0 Å². The van der Waals surface area contributed by atoms with Crippen molar-refractivity contribution in [1.29, 1.82) is 0 Å². The molecule has 64 valence electrons. The Bertz CT molecular complexity index is 173. The first-order valence-corrected chi connectivity index (χ1v) is 6.74. The van der Waals surface area contributed by atoms with Crippen LogP contribution in [-0.4, -0.2) is 21.2 Å². The second-order valence-corrected chi connectivity index (χ2v) is 7.63. The molecule has 0 radical (unpaired) electrons. The van der Waals surface area contributed by atoms with Crippen LogP contribution in [0.3, 0.4) is 0 Å². The van der Waals surface area contributed by atoms with E-state index < -0.39 is 8.32 Å². The van der Waals surface area contributed by atoms with Gasteiger partial charge >= 0.3 is 0 Å². The lowest BCUT2D eigenvalue weighted by atomic mass is 10.2. The Morgan fingerprint density at radius 2 is 2.00 bits per heavy atom. The van der Waals surface area contributed by atoms with Gasteiger partial charge in [-0.1, -0.05) is 6.58 Å². The molecule has 0 aromatic heterocycles. The van der Waals surface area contributed by atoms with Crippen LogP contribution in [0.15, 0.2) is 12.2 Å². The largest absolute Gasteiger partial charge is 0.420 e. The molecule has 0 amide bonds. The second kappa shape index (κ2) is 3.83. The van der Waals surface area contributed by atoms with Gasteiger partial charge < -0.3 is 4.43 Å². The highest BCUT2D eigenvalue weighted by atomic mass is 28.4. The Balaban J connectivity index is 4.04. The number of carbonyl (C=O) groups is 1. The molecular formula is C8H16O2Si. The predicted octanol–water partition coefficient (Wildman–Crippen LogP) is 1.98. The van der Waals surface area contributed by atoms with Crippen molar-refractivity contribution in [2.75, 3.05) is 7.11 Å². The van der Waals surface area contributed by atoms with E-state index in [4.69, 9.17) is 4.43 Å². The molecule has 0 aromatic rings. The minimum Gasteiger partial charge on any atom is -0.420 e. The van der Waals surface area contributed by atoms with Gasteiger partial charge in [-0.15, -0.1) is 0 Å². The lowest BCUT2D eigenvalue weighted by Gasteiger charge is -2.18. The summed E-state index contributed by atoms with van der Waals surface area (Å²) in [4.78, 5) is 11.2. The summed E-state index contributed by atoms with van der Waals surface area (Å²) in [5.74, 6) is 0.128. The number of hydrogen-bond acceptors (Lipinski definition) is 2. The molecule has 0 bridgehead atoms. The highest BCUT2D eigenvalue weighted by Gasteiger charge is 2.24. The number of hydrogen-bond donors (Lipinski definition) is 0. The maximum Gasteiger partial charge on any atom is 0.193 e. The second-order valence-electron chi connectivity index (χ2n) is 3.34. The molecule has 3 heteroatoms. The fraction of sp³-hybridized carbons (Fsp3) is 0.625. The highest BCUT2D eigenvalue weighted by Crippen LogP contribution is 2.12. The predicted molar refractivity (Wildman–Crippen MR) is 49.1 cm³/mol. The zero-order valence-corrected chi connectivity index (χ0v) is 8.73. The summed E-state index contributed by atoms with van der Waals surface area (Å²) in [6, 6.07) is 0.541. The van der Waals surface area contributed by atoms with Crippen molar-refractivity contribution in [2.45, 2.75) is 26.1 Å². The van der Waals surface area contributed by atoms with Gasteiger partial charge in [0.15, 0.2) is 14.1 Å². The van der Waals surface area contributed by atoms with Crippen molar-refractivity contribution in [3.05, 3.63) is 12.2 Å². The van der Waals surface area contributed by atoms with Crippen molar-refractivity contribution >= 4 is 14.1 Å². The average molecular weight is 172 g/mol. The summed E-state index contributed by atoms with van der Waals surface area (Å²) in [5.41, 5.74) is 0.627. The van der Waals surface area contributed by atoms with Crippen molar-refractivity contribution in [2.24, 2.45) is 0 Å². The lowest BCUT2D eigenvalue weighted by molar-refractivity contribution is -0.113. The molecular weight excluding hydrogens is 156 g/mol. The first kappa shape index (κ1) is 10.6. The Morgan fingerprint density at radius 1 is 1.55 bits per heavy atom. The topological polar surface area (TPSA) is 26.3 Å². The standard InChI is InChI=1S/C8H16O2Si/c1-7(2)8(9)6-11(4,5)10-3/h1,6H2,2-5H3. The van der Waals surface area contributed by atoms with Gasteiger partial charge in [-0.25, -0.2) is 0 Å². The van der Waals surface area contributed by atoms with Crippen LogP contribution in [0, 0.1) is 0 Å². The molecule has 0 fully saturated rings. The van der Waals surface area contributed by atoms with Crippen molar-refractivity contribution in [3.63, 3.8) is 0 Å². The van der Waals surface area contributed by atoms with Gasteiger partial charge in [-0.05, 0) is 25.6 Å². The zero-order valence-electron chi connectivity index (χ0n) is 7.73. The third-order valence-electron chi connectivity index (χ3n) is 1.61. The molecule has 0 heterocycles. The van der Waals surface area contributed by atoms with Crippen LogP contribution in [0.4, 0.5) is 0 Å². The van der Waals surface area contributed by atoms with Gasteiger partial charge in [0.1, 0.15) is 0 Å². The number of allylic oxidation sites excluding steroid dienone is 1. The molecule has 11 heavy (non-hydrogen) atoms. The van der Waals surface area contributed by atoms with Gasteiger partial charge in [0.25, 0.3) is 0 Å². The first-order chi connectivity index (χ1) is 4.89. The molecule has 2 nitrogen and oxygen atoms in total. The quantitative estimate of drug-likeness (QED) is 0.479. The number of carbonyl (C=O) groups excluding carboxylic acids is 1. The molecule has 0 aliphatic carbocycles. The molecule has 0 aliphatic rings. The summed E-state index contributed by atoms with van der Waals surface area (Å²) in [6.07, 6.45) is 0. The van der Waals surface area contributed by atoms with Gasteiger partial charge in [0, 0.05) is 13.2 Å². The maximum atomic E-state index is 11.2. The van der Waals surface area contributed by atoms with E-state index in [2.05, 4.69) is 6.58 Å². The molecule has 0 saturated carbocycles. The summed E-state index contributed by atoms with van der Waals surface area (Å²) in [5, 5.41) is 0. The van der Waals surface area contributed by atoms with Crippen molar-refractivity contribution < 1.29 is 9.22 Å². The van der Waals surface area contributed by atoms with Crippen LogP contribution in [0.5, 0.6) is 0 Å². The normalized spacial score (nSPS) is 11.3. The molecule has 0 aliphatic heterocycles. The van der Waals surface area contributed by atoms with E-state index in [0.29, 0.717) is 11.6 Å². The SMILES string of the molecule is C=C(C)C(=O)C[Si](C)(C)OC. The Kier molecular flexibility index (Phi) is 3.69. The molecule has 0 atom stereocenters. The summed E-state index contributed by atoms with van der Waals surface area (Å²) < 4.78 is 5.24. The number of Topliss-reactive ketones (excluding diaryl/α,β-unsaturated/α-hetero) is 1. The van der Waals surface area contributed by atoms with Crippen LogP contribution in [0.2, 0.25) is 19.1 Å². The molecule has 0 spiro atoms. The molecule has 0 rings (SSSR count). The smallest absolute Gasteiger partial charge is 0.193 e. The van der Waals surface area contributed by atoms with Gasteiger partial charge in [-0.3, -0.25) is 4.79 Å². The van der Waals surface area contributed by atoms with E-state index >= 15 is 0 Å². The summed E-state index contributed by atoms with van der Waals surface area (Å²) in [7, 11) is -0.0489. The van der Waals surface area contributed by atoms with Crippen molar-refractivity contribution in [3.8, 4) is 0 Å². The highest BCUT2D eigenvalue weighted by molar-refractivity contribution is 6.74. The number of ketones is 1. The number of rotatable bonds is 4. The Morgan fingerprint density at radius 3 is 2.27 bits per heavy atom. The molecule has 0 aromatic carbocycles. The minimum atomic E-state index is -1.71. The van der Waals surface area contributed by atoms with Gasteiger partial charge in [0.05, 0.1) is 0 Å².